The van der Waals surface area contributed by atoms with E-state index in [2.05, 4.69) is 19.5 Å². The maximum absolute atomic E-state index is 14.8. The SMILES string of the molecule is [2H]C([2H])([2H])C1(C)Oc2ccc(Cc3nc(Cc4cc(OC)c(OC)c(OC)c4)ncc3F)nc2N(COP(=O)([O-])[O-])C1=O. The molecule has 0 radical (unpaired) electrons. The molecular formula is C25H26FN4O9P-2. The van der Waals surface area contributed by atoms with Crippen molar-refractivity contribution in [2.45, 2.75) is 32.2 Å². The number of phosphoric acid groups is 1. The molecular weight excluding hydrogens is 550 g/mol. The number of pyridine rings is 1. The van der Waals surface area contributed by atoms with Gasteiger partial charge in [-0.25, -0.2) is 19.3 Å². The van der Waals surface area contributed by atoms with Crippen molar-refractivity contribution in [2.24, 2.45) is 0 Å². The Bertz CT molecular complexity index is 1570. The van der Waals surface area contributed by atoms with Crippen LogP contribution in [-0.2, 0) is 26.7 Å². The molecule has 2 aromatic heterocycles. The molecule has 1 aliphatic rings. The van der Waals surface area contributed by atoms with Gasteiger partial charge in [0.1, 0.15) is 12.6 Å². The Balaban J connectivity index is 1.66. The number of carbonyl (C=O) groups is 1. The number of anilines is 1. The standard InChI is InChI=1S/C25H28FN4O9P/c1-25(2)24(31)30(13-38-40(32,33)34)23-18(39-25)7-6-15(28-23)11-17-16(26)12-27-21(29-17)10-14-8-19(35-3)22(37-5)20(9-14)36-4/h6-9,12H,10-11,13H2,1-5H3,(H2,32,33,34)/p-2/i1D3. The van der Waals surface area contributed by atoms with Crippen LogP contribution in [0.2, 0.25) is 0 Å². The Hall–Kier alpha value is -3.84. The third-order valence-corrected chi connectivity index (χ3v) is 6.20. The molecule has 13 nitrogen and oxygen atoms in total. The summed E-state index contributed by atoms with van der Waals surface area (Å²) in [4.78, 5) is 48.6. The van der Waals surface area contributed by atoms with Crippen molar-refractivity contribution < 1.29 is 51.1 Å². The monoisotopic (exact) mass is 579 g/mol. The van der Waals surface area contributed by atoms with Crippen molar-refractivity contribution in [1.82, 2.24) is 15.0 Å². The van der Waals surface area contributed by atoms with E-state index in [4.69, 9.17) is 23.1 Å². The van der Waals surface area contributed by atoms with Crippen molar-refractivity contribution in [3.05, 3.63) is 59.1 Å². The van der Waals surface area contributed by atoms with Crippen LogP contribution in [0.4, 0.5) is 10.2 Å². The molecule has 0 aliphatic carbocycles. The van der Waals surface area contributed by atoms with Crippen LogP contribution in [-0.4, -0.2) is 54.5 Å². The van der Waals surface area contributed by atoms with Gasteiger partial charge < -0.3 is 37.8 Å². The summed E-state index contributed by atoms with van der Waals surface area (Å²) in [5, 5.41) is 0. The summed E-state index contributed by atoms with van der Waals surface area (Å²) in [5.41, 5.74) is -1.69. The van der Waals surface area contributed by atoms with Crippen molar-refractivity contribution in [2.75, 3.05) is 33.0 Å². The lowest BCUT2D eigenvalue weighted by molar-refractivity contribution is -0.341. The number of benzene rings is 1. The minimum Gasteiger partial charge on any atom is -0.790 e. The maximum atomic E-state index is 14.8. The number of carbonyl (C=O) groups excluding carboxylic acids is 1. The number of rotatable bonds is 10. The van der Waals surface area contributed by atoms with E-state index in [0.717, 1.165) is 13.1 Å². The molecule has 3 heterocycles. The summed E-state index contributed by atoms with van der Waals surface area (Å²) in [6, 6.07) is 6.06. The fourth-order valence-corrected chi connectivity index (χ4v) is 4.21. The normalized spacial score (nSPS) is 18.2. The number of fused-ring (bicyclic) bond motifs is 1. The van der Waals surface area contributed by atoms with Gasteiger partial charge in [-0.1, -0.05) is 0 Å². The molecule has 1 amide bonds. The quantitative estimate of drug-likeness (QED) is 0.318. The number of ether oxygens (including phenoxy) is 4. The van der Waals surface area contributed by atoms with Crippen LogP contribution in [0.3, 0.4) is 0 Å². The lowest BCUT2D eigenvalue weighted by Crippen LogP contribution is -2.53. The van der Waals surface area contributed by atoms with E-state index >= 15 is 0 Å². The molecule has 1 aromatic carbocycles. The molecule has 4 rings (SSSR count). The molecule has 1 atom stereocenters. The van der Waals surface area contributed by atoms with Crippen LogP contribution in [0.5, 0.6) is 23.0 Å². The fraction of sp³-hybridized carbons (Fsp3) is 0.360. The van der Waals surface area contributed by atoms with Gasteiger partial charge in [0.15, 0.2) is 34.5 Å². The first-order valence-electron chi connectivity index (χ1n) is 13.1. The summed E-state index contributed by atoms with van der Waals surface area (Å²) >= 11 is 0. The predicted octanol–water partition coefficient (Wildman–Crippen LogP) is 1.52. The van der Waals surface area contributed by atoms with Crippen LogP contribution in [0.15, 0.2) is 30.5 Å². The summed E-state index contributed by atoms with van der Waals surface area (Å²) in [6.07, 6.45) is 0.931. The smallest absolute Gasteiger partial charge is 0.273 e. The van der Waals surface area contributed by atoms with Crippen LogP contribution in [0.25, 0.3) is 0 Å². The molecule has 0 spiro atoms. The van der Waals surface area contributed by atoms with E-state index in [0.29, 0.717) is 27.7 Å². The third-order valence-electron chi connectivity index (χ3n) is 5.77. The maximum Gasteiger partial charge on any atom is 0.273 e. The van der Waals surface area contributed by atoms with Gasteiger partial charge in [0.2, 0.25) is 5.75 Å². The van der Waals surface area contributed by atoms with Crippen molar-refractivity contribution in [3.8, 4) is 23.0 Å². The molecule has 0 saturated carbocycles. The summed E-state index contributed by atoms with van der Waals surface area (Å²) in [5.74, 6) is -1.07. The highest BCUT2D eigenvalue weighted by atomic mass is 31.2. The van der Waals surface area contributed by atoms with E-state index in [1.165, 1.54) is 33.5 Å². The van der Waals surface area contributed by atoms with Crippen LogP contribution < -0.4 is 33.6 Å². The van der Waals surface area contributed by atoms with Gasteiger partial charge in [-0.3, -0.25) is 9.69 Å². The fourth-order valence-electron chi connectivity index (χ4n) is 3.96. The van der Waals surface area contributed by atoms with Crippen molar-refractivity contribution >= 4 is 19.5 Å². The predicted molar refractivity (Wildman–Crippen MR) is 134 cm³/mol. The molecule has 214 valence electrons. The Labute approximate surface area is 233 Å². The van der Waals surface area contributed by atoms with Crippen molar-refractivity contribution in [1.29, 1.82) is 0 Å². The molecule has 1 unspecified atom stereocenters. The Morgan fingerprint density at radius 3 is 2.42 bits per heavy atom. The Morgan fingerprint density at radius 2 is 1.82 bits per heavy atom. The zero-order valence-corrected chi connectivity index (χ0v) is 22.7. The second kappa shape index (κ2) is 11.3. The average Bonchev–Trinajstić information content (AvgIpc) is 2.93. The molecule has 0 fully saturated rings. The Kier molecular flexibility index (Phi) is 7.13. The number of hydrogen-bond donors (Lipinski definition) is 0. The van der Waals surface area contributed by atoms with Gasteiger partial charge in [0.05, 0.1) is 41.0 Å². The van der Waals surface area contributed by atoms with E-state index < -0.39 is 38.7 Å². The Morgan fingerprint density at radius 1 is 1.12 bits per heavy atom. The zero-order chi connectivity index (χ0) is 31.7. The number of phosphoric ester groups is 1. The highest BCUT2D eigenvalue weighted by molar-refractivity contribution is 7.43. The number of methoxy groups -OCH3 is 3. The van der Waals surface area contributed by atoms with Crippen LogP contribution >= 0.6 is 7.82 Å². The number of aromatic nitrogens is 3. The van der Waals surface area contributed by atoms with E-state index in [1.807, 2.05) is 0 Å². The number of amides is 1. The van der Waals surface area contributed by atoms with Gasteiger partial charge in [-0.2, -0.15) is 0 Å². The summed E-state index contributed by atoms with van der Waals surface area (Å²) < 4.78 is 75.1. The second-order valence-corrected chi connectivity index (χ2v) is 9.82. The highest BCUT2D eigenvalue weighted by Gasteiger charge is 2.42. The zero-order valence-electron chi connectivity index (χ0n) is 24.8. The molecule has 0 bridgehead atoms. The topological polar surface area (TPSA) is 168 Å². The third kappa shape index (κ3) is 6.31. The molecule has 40 heavy (non-hydrogen) atoms. The van der Waals surface area contributed by atoms with Gasteiger partial charge in [0.25, 0.3) is 5.91 Å². The summed E-state index contributed by atoms with van der Waals surface area (Å²) in [7, 11) is -1.17. The first-order valence-corrected chi connectivity index (χ1v) is 13.0. The average molecular weight is 579 g/mol. The first-order chi connectivity index (χ1) is 20.1. The van der Waals surface area contributed by atoms with E-state index in [-0.39, 0.29) is 41.6 Å². The first kappa shape index (κ1) is 25.1. The van der Waals surface area contributed by atoms with Gasteiger partial charge in [-0.05, 0) is 43.6 Å². The van der Waals surface area contributed by atoms with Crippen LogP contribution in [0.1, 0.15) is 40.7 Å². The number of hydrogen-bond acceptors (Lipinski definition) is 12. The van der Waals surface area contributed by atoms with E-state index in [9.17, 15) is 23.5 Å². The van der Waals surface area contributed by atoms with Crippen molar-refractivity contribution in [3.63, 3.8) is 0 Å². The minimum atomic E-state index is -5.57. The second-order valence-electron chi connectivity index (χ2n) is 8.67. The molecule has 15 heteroatoms. The molecule has 1 aliphatic heterocycles. The summed E-state index contributed by atoms with van der Waals surface area (Å²) in [6.45, 7) is -3.15. The highest BCUT2D eigenvalue weighted by Crippen LogP contribution is 2.39. The number of halogens is 1. The largest absolute Gasteiger partial charge is 0.790 e. The lowest BCUT2D eigenvalue weighted by atomic mass is 10.1. The van der Waals surface area contributed by atoms with E-state index in [1.54, 1.807) is 12.1 Å². The number of nitrogens with zero attached hydrogens (tertiary/aromatic N) is 4. The molecule has 0 N–H and O–H groups in total. The van der Waals surface area contributed by atoms with Gasteiger partial charge in [0, 0.05) is 22.6 Å². The minimum absolute atomic E-state index is 0.0632. The van der Waals surface area contributed by atoms with Gasteiger partial charge in [-0.15, -0.1) is 0 Å². The molecule has 3 aromatic rings. The lowest BCUT2D eigenvalue weighted by Gasteiger charge is -2.39. The van der Waals surface area contributed by atoms with Gasteiger partial charge >= 0.3 is 0 Å². The molecule has 0 saturated heterocycles. The van der Waals surface area contributed by atoms with Crippen LogP contribution in [0, 0.1) is 5.82 Å².